The van der Waals surface area contributed by atoms with E-state index in [4.69, 9.17) is 0 Å². The summed E-state index contributed by atoms with van der Waals surface area (Å²) < 4.78 is 89.3. The van der Waals surface area contributed by atoms with Gasteiger partial charge in [0.15, 0.2) is 11.6 Å². The second kappa shape index (κ2) is 5.43. The van der Waals surface area contributed by atoms with Gasteiger partial charge >= 0.3 is 6.18 Å². The van der Waals surface area contributed by atoms with Crippen LogP contribution in [0.25, 0.3) is 0 Å². The average Bonchev–Trinajstić information content (AvgIpc) is 2.25. The van der Waals surface area contributed by atoms with Crippen molar-refractivity contribution in [3.05, 3.63) is 29.1 Å². The van der Waals surface area contributed by atoms with E-state index >= 15 is 0 Å². The summed E-state index contributed by atoms with van der Waals surface area (Å²) in [4.78, 5) is 0. The molecular weight excluding hydrogens is 284 g/mol. The Balaban J connectivity index is 3.54. The first kappa shape index (κ1) is 15.2. The van der Waals surface area contributed by atoms with E-state index in [1.165, 1.54) is 6.92 Å². The van der Waals surface area contributed by atoms with E-state index in [-0.39, 0.29) is 6.16 Å². The van der Waals surface area contributed by atoms with Crippen molar-refractivity contribution >= 4 is 13.2 Å². The molecule has 1 rings (SSSR count). The van der Waals surface area contributed by atoms with Crippen LogP contribution >= 0.6 is 7.92 Å². The third-order valence-corrected chi connectivity index (χ3v) is 4.35. The van der Waals surface area contributed by atoms with E-state index in [9.17, 15) is 30.7 Å². The van der Waals surface area contributed by atoms with Crippen molar-refractivity contribution in [1.82, 2.24) is 0 Å². The van der Waals surface area contributed by atoms with E-state index in [1.807, 2.05) is 0 Å². The van der Waals surface area contributed by atoms with Gasteiger partial charge in [-0.3, -0.25) is 0 Å². The minimum atomic E-state index is -5.37. The number of benzene rings is 1. The monoisotopic (exact) mass is 292 g/mol. The van der Waals surface area contributed by atoms with Crippen LogP contribution in [0.2, 0.25) is 0 Å². The van der Waals surface area contributed by atoms with Gasteiger partial charge in [-0.05, 0) is 20.1 Å². The van der Waals surface area contributed by atoms with Crippen LogP contribution in [0.5, 0.6) is 0 Å². The Morgan fingerprint density at radius 2 is 1.67 bits per heavy atom. The molecule has 0 heterocycles. The van der Waals surface area contributed by atoms with Crippen molar-refractivity contribution in [3.8, 4) is 0 Å². The first-order valence-corrected chi connectivity index (χ1v) is 6.50. The summed E-state index contributed by atoms with van der Waals surface area (Å²) in [6, 6.07) is 0.300. The maximum absolute atomic E-state index is 13.6. The lowest BCUT2D eigenvalue weighted by molar-refractivity contribution is -0.142. The lowest BCUT2D eigenvalue weighted by Crippen LogP contribution is -2.21. The Hall–Kier alpha value is -0.840. The molecule has 0 aliphatic rings. The molecule has 0 saturated heterocycles. The van der Waals surface area contributed by atoms with Crippen LogP contribution in [0.4, 0.5) is 30.7 Å². The number of halogens is 7. The summed E-state index contributed by atoms with van der Waals surface area (Å²) in [5, 5.41) is -0.735. The molecule has 102 valence electrons. The maximum Gasteiger partial charge on any atom is 0.422 e. The van der Waals surface area contributed by atoms with Gasteiger partial charge in [-0.25, -0.2) is 17.6 Å². The molecule has 0 bridgehead atoms. The van der Waals surface area contributed by atoms with Gasteiger partial charge in [-0.2, -0.15) is 13.2 Å². The van der Waals surface area contributed by atoms with Gasteiger partial charge in [0.1, 0.15) is 17.8 Å². The summed E-state index contributed by atoms with van der Waals surface area (Å²) >= 11 is 0. The predicted molar refractivity (Wildman–Crippen MR) is 54.4 cm³/mol. The zero-order valence-electron chi connectivity index (χ0n) is 9.08. The topological polar surface area (TPSA) is 0 Å². The molecule has 18 heavy (non-hydrogen) atoms. The zero-order valence-corrected chi connectivity index (χ0v) is 9.98. The van der Waals surface area contributed by atoms with Gasteiger partial charge in [-0.15, -0.1) is 0 Å². The molecule has 0 N–H and O–H groups in total. The SMILES string of the molecule is CCP(CF)c1cc(F)c(F)c(C(F)(F)F)c1F. The smallest absolute Gasteiger partial charge is 0.246 e. The summed E-state index contributed by atoms with van der Waals surface area (Å²) in [5.74, 6) is -6.05. The molecule has 1 aromatic carbocycles. The first-order chi connectivity index (χ1) is 8.23. The molecule has 0 spiro atoms. The van der Waals surface area contributed by atoms with Crippen molar-refractivity contribution < 1.29 is 30.7 Å². The third-order valence-electron chi connectivity index (χ3n) is 2.29. The van der Waals surface area contributed by atoms with Crippen LogP contribution in [0.3, 0.4) is 0 Å². The standard InChI is InChI=1S/C10H8F7P/c1-2-18(4-11)6-3-5(12)8(13)7(9(6)14)10(15,16)17/h3H,2,4H2,1H3. The molecule has 0 fully saturated rings. The lowest BCUT2D eigenvalue weighted by Gasteiger charge is -2.17. The minimum absolute atomic E-state index is 0.0329. The number of hydrogen-bond donors (Lipinski definition) is 0. The highest BCUT2D eigenvalue weighted by Crippen LogP contribution is 2.40. The highest BCUT2D eigenvalue weighted by molar-refractivity contribution is 7.65. The summed E-state index contributed by atoms with van der Waals surface area (Å²) in [6.45, 7) is 1.43. The van der Waals surface area contributed by atoms with Crippen LogP contribution < -0.4 is 5.30 Å². The van der Waals surface area contributed by atoms with E-state index in [0.717, 1.165) is 0 Å². The normalized spacial score (nSPS) is 13.8. The Morgan fingerprint density at radius 3 is 2.06 bits per heavy atom. The molecule has 1 atom stereocenters. The van der Waals surface area contributed by atoms with Gasteiger partial charge in [0.25, 0.3) is 0 Å². The molecular formula is C10H8F7P. The Labute approximate surface area is 99.5 Å². The molecule has 0 amide bonds. The molecule has 8 heteroatoms. The van der Waals surface area contributed by atoms with E-state index < -0.39 is 48.8 Å². The van der Waals surface area contributed by atoms with Crippen molar-refractivity contribution in [2.75, 3.05) is 12.6 Å². The largest absolute Gasteiger partial charge is 0.422 e. The predicted octanol–water partition coefficient (Wildman–Crippen LogP) is 4.18. The fourth-order valence-electron chi connectivity index (χ4n) is 1.39. The van der Waals surface area contributed by atoms with Crippen LogP contribution in [0.1, 0.15) is 12.5 Å². The van der Waals surface area contributed by atoms with Gasteiger partial charge in [-0.1, -0.05) is 6.92 Å². The number of alkyl halides is 4. The van der Waals surface area contributed by atoms with Crippen LogP contribution in [0, 0.1) is 17.5 Å². The zero-order chi connectivity index (χ0) is 14.1. The molecule has 1 aromatic rings. The van der Waals surface area contributed by atoms with Crippen LogP contribution in [-0.4, -0.2) is 12.6 Å². The summed E-state index contributed by atoms with van der Waals surface area (Å²) in [5.41, 5.74) is -2.30. The molecule has 0 aromatic heterocycles. The Kier molecular flexibility index (Phi) is 4.59. The molecule has 0 aliphatic carbocycles. The van der Waals surface area contributed by atoms with Crippen molar-refractivity contribution in [3.63, 3.8) is 0 Å². The number of rotatable bonds is 3. The summed E-state index contributed by atoms with van der Waals surface area (Å²) in [7, 11) is -1.91. The summed E-state index contributed by atoms with van der Waals surface area (Å²) in [6.07, 6.45) is -6.42. The Morgan fingerprint density at radius 1 is 1.11 bits per heavy atom. The second-order valence-electron chi connectivity index (χ2n) is 3.35. The molecule has 0 aliphatic heterocycles. The van der Waals surface area contributed by atoms with Gasteiger partial charge in [0.05, 0.1) is 0 Å². The fraction of sp³-hybridized carbons (Fsp3) is 0.400. The highest BCUT2D eigenvalue weighted by atomic mass is 31.1. The van der Waals surface area contributed by atoms with Crippen LogP contribution in [0.15, 0.2) is 6.07 Å². The van der Waals surface area contributed by atoms with Gasteiger partial charge in [0.2, 0.25) is 0 Å². The third kappa shape index (κ3) is 2.76. The first-order valence-electron chi connectivity index (χ1n) is 4.79. The van der Waals surface area contributed by atoms with E-state index in [2.05, 4.69) is 0 Å². The lowest BCUT2D eigenvalue weighted by atomic mass is 10.2. The quantitative estimate of drug-likeness (QED) is 0.445. The maximum atomic E-state index is 13.6. The van der Waals surface area contributed by atoms with Crippen molar-refractivity contribution in [1.29, 1.82) is 0 Å². The average molecular weight is 292 g/mol. The Bertz CT molecular complexity index is 437. The van der Waals surface area contributed by atoms with Crippen LogP contribution in [-0.2, 0) is 6.18 Å². The second-order valence-corrected chi connectivity index (χ2v) is 5.79. The molecule has 0 saturated carbocycles. The number of hydrogen-bond acceptors (Lipinski definition) is 0. The van der Waals surface area contributed by atoms with Crippen molar-refractivity contribution in [2.45, 2.75) is 13.1 Å². The molecule has 0 nitrogen and oxygen atoms in total. The van der Waals surface area contributed by atoms with E-state index in [1.54, 1.807) is 0 Å². The molecule has 1 unspecified atom stereocenters. The van der Waals surface area contributed by atoms with Gasteiger partial charge in [0, 0.05) is 5.30 Å². The molecule has 0 radical (unpaired) electrons. The van der Waals surface area contributed by atoms with Crippen molar-refractivity contribution in [2.24, 2.45) is 0 Å². The fourth-order valence-corrected chi connectivity index (χ4v) is 2.71. The highest BCUT2D eigenvalue weighted by Gasteiger charge is 2.41. The van der Waals surface area contributed by atoms with E-state index in [0.29, 0.717) is 6.07 Å². The van der Waals surface area contributed by atoms with Gasteiger partial charge < -0.3 is 0 Å². The minimum Gasteiger partial charge on any atom is -0.246 e.